The molecular weight excluding hydrogens is 202 g/mol. The van der Waals surface area contributed by atoms with E-state index in [-0.39, 0.29) is 6.10 Å². The summed E-state index contributed by atoms with van der Waals surface area (Å²) in [4.78, 5) is 8.32. The molecule has 2 rings (SSSR count). The molecule has 1 aliphatic carbocycles. The summed E-state index contributed by atoms with van der Waals surface area (Å²) in [6, 6.07) is 1.81. The fourth-order valence-electron chi connectivity index (χ4n) is 2.25. The van der Waals surface area contributed by atoms with Gasteiger partial charge in [-0.3, -0.25) is 0 Å². The van der Waals surface area contributed by atoms with Gasteiger partial charge in [0.1, 0.15) is 11.9 Å². The minimum Gasteiger partial charge on any atom is -0.474 e. The molecule has 0 spiro atoms. The van der Waals surface area contributed by atoms with Crippen LogP contribution in [0.2, 0.25) is 0 Å². The molecule has 16 heavy (non-hydrogen) atoms. The van der Waals surface area contributed by atoms with Gasteiger partial charge in [0.2, 0.25) is 5.88 Å². The zero-order chi connectivity index (χ0) is 11.4. The second-order valence-corrected chi connectivity index (χ2v) is 4.38. The maximum absolute atomic E-state index is 5.91. The van der Waals surface area contributed by atoms with Gasteiger partial charge in [-0.1, -0.05) is 6.42 Å². The summed E-state index contributed by atoms with van der Waals surface area (Å²) >= 11 is 0. The number of rotatable bonds is 3. The van der Waals surface area contributed by atoms with Gasteiger partial charge in [-0.05, 0) is 32.7 Å². The largest absolute Gasteiger partial charge is 0.474 e. The van der Waals surface area contributed by atoms with E-state index >= 15 is 0 Å². The molecule has 88 valence electrons. The summed E-state index contributed by atoms with van der Waals surface area (Å²) in [5, 5.41) is 0. The molecule has 1 saturated carbocycles. The molecule has 2 N–H and O–H groups in total. The molecule has 1 aromatic heterocycles. The SMILES string of the molecule is Cc1nccc(OC2CCCCC2CN)n1. The van der Waals surface area contributed by atoms with Gasteiger partial charge in [-0.25, -0.2) is 4.98 Å². The van der Waals surface area contributed by atoms with Crippen LogP contribution in [0, 0.1) is 12.8 Å². The minimum atomic E-state index is 0.230. The van der Waals surface area contributed by atoms with Gasteiger partial charge in [0.05, 0.1) is 0 Å². The van der Waals surface area contributed by atoms with E-state index in [4.69, 9.17) is 10.5 Å². The fraction of sp³-hybridized carbons (Fsp3) is 0.667. The third kappa shape index (κ3) is 2.70. The summed E-state index contributed by atoms with van der Waals surface area (Å²) in [6.07, 6.45) is 6.72. The van der Waals surface area contributed by atoms with Crippen LogP contribution in [-0.2, 0) is 0 Å². The first-order valence-corrected chi connectivity index (χ1v) is 5.96. The van der Waals surface area contributed by atoms with Crippen LogP contribution < -0.4 is 10.5 Å². The minimum absolute atomic E-state index is 0.230. The molecule has 2 atom stereocenters. The topological polar surface area (TPSA) is 61.0 Å². The van der Waals surface area contributed by atoms with Crippen LogP contribution in [0.1, 0.15) is 31.5 Å². The van der Waals surface area contributed by atoms with Gasteiger partial charge in [-0.2, -0.15) is 4.98 Å². The average molecular weight is 221 g/mol. The molecule has 0 aliphatic heterocycles. The van der Waals surface area contributed by atoms with Gasteiger partial charge in [-0.15, -0.1) is 0 Å². The number of nitrogens with zero attached hydrogens (tertiary/aromatic N) is 2. The van der Waals surface area contributed by atoms with Crippen molar-refractivity contribution >= 4 is 0 Å². The van der Waals surface area contributed by atoms with Crippen LogP contribution in [0.15, 0.2) is 12.3 Å². The van der Waals surface area contributed by atoms with E-state index in [1.54, 1.807) is 6.20 Å². The zero-order valence-electron chi connectivity index (χ0n) is 9.72. The van der Waals surface area contributed by atoms with E-state index in [0.29, 0.717) is 18.3 Å². The van der Waals surface area contributed by atoms with Crippen molar-refractivity contribution in [1.29, 1.82) is 0 Å². The van der Waals surface area contributed by atoms with Gasteiger partial charge >= 0.3 is 0 Å². The van der Waals surface area contributed by atoms with Crippen molar-refractivity contribution in [2.24, 2.45) is 11.7 Å². The Morgan fingerprint density at radius 3 is 3.00 bits per heavy atom. The van der Waals surface area contributed by atoms with E-state index in [2.05, 4.69) is 9.97 Å². The van der Waals surface area contributed by atoms with Gasteiger partial charge < -0.3 is 10.5 Å². The quantitative estimate of drug-likeness (QED) is 0.843. The monoisotopic (exact) mass is 221 g/mol. The van der Waals surface area contributed by atoms with Crippen molar-refractivity contribution in [3.63, 3.8) is 0 Å². The summed E-state index contributed by atoms with van der Waals surface area (Å²) in [7, 11) is 0. The van der Waals surface area contributed by atoms with Crippen LogP contribution in [0.5, 0.6) is 5.88 Å². The Labute approximate surface area is 96.2 Å². The number of nitrogens with two attached hydrogens (primary N) is 1. The van der Waals surface area contributed by atoms with Crippen molar-refractivity contribution < 1.29 is 4.74 Å². The third-order valence-corrected chi connectivity index (χ3v) is 3.16. The highest BCUT2D eigenvalue weighted by atomic mass is 16.5. The Morgan fingerprint density at radius 2 is 2.25 bits per heavy atom. The van der Waals surface area contributed by atoms with Crippen molar-refractivity contribution in [1.82, 2.24) is 9.97 Å². The van der Waals surface area contributed by atoms with Gasteiger partial charge in [0.25, 0.3) is 0 Å². The Bertz CT molecular complexity index is 343. The lowest BCUT2D eigenvalue weighted by molar-refractivity contribution is 0.0919. The third-order valence-electron chi connectivity index (χ3n) is 3.16. The number of aryl methyl sites for hydroxylation is 1. The Balaban J connectivity index is 2.02. The first kappa shape index (κ1) is 11.3. The van der Waals surface area contributed by atoms with E-state index in [1.807, 2.05) is 13.0 Å². The highest BCUT2D eigenvalue weighted by Gasteiger charge is 2.25. The van der Waals surface area contributed by atoms with Crippen LogP contribution in [0.3, 0.4) is 0 Å². The first-order valence-electron chi connectivity index (χ1n) is 5.96. The molecule has 0 bridgehead atoms. The smallest absolute Gasteiger partial charge is 0.216 e. The fourth-order valence-corrected chi connectivity index (χ4v) is 2.25. The Morgan fingerprint density at radius 1 is 1.44 bits per heavy atom. The lowest BCUT2D eigenvalue weighted by Crippen LogP contribution is -2.35. The lowest BCUT2D eigenvalue weighted by Gasteiger charge is -2.30. The molecule has 4 heteroatoms. The molecule has 0 radical (unpaired) electrons. The Kier molecular flexibility index (Phi) is 3.72. The lowest BCUT2D eigenvalue weighted by atomic mass is 9.86. The molecule has 1 aromatic rings. The standard InChI is InChI=1S/C12H19N3O/c1-9-14-7-6-12(15-9)16-11-5-3-2-4-10(11)8-13/h6-7,10-11H,2-5,8,13H2,1H3. The van der Waals surface area contributed by atoms with Gasteiger partial charge in [0.15, 0.2) is 0 Å². The van der Waals surface area contributed by atoms with Crippen molar-refractivity contribution in [2.75, 3.05) is 6.54 Å². The summed E-state index contributed by atoms with van der Waals surface area (Å²) < 4.78 is 5.91. The van der Waals surface area contributed by atoms with Crippen molar-refractivity contribution in [3.05, 3.63) is 18.1 Å². The molecule has 0 aromatic carbocycles. The van der Waals surface area contributed by atoms with E-state index in [9.17, 15) is 0 Å². The molecule has 0 amide bonds. The molecule has 4 nitrogen and oxygen atoms in total. The van der Waals surface area contributed by atoms with Crippen LogP contribution >= 0.6 is 0 Å². The molecule has 1 aliphatic rings. The summed E-state index contributed by atoms with van der Waals surface area (Å²) in [6.45, 7) is 2.57. The van der Waals surface area contributed by atoms with Crippen LogP contribution in [-0.4, -0.2) is 22.6 Å². The number of aromatic nitrogens is 2. The zero-order valence-corrected chi connectivity index (χ0v) is 9.72. The number of hydrogen-bond donors (Lipinski definition) is 1. The second-order valence-electron chi connectivity index (χ2n) is 4.38. The molecule has 2 unspecified atom stereocenters. The van der Waals surface area contributed by atoms with Crippen molar-refractivity contribution in [2.45, 2.75) is 38.7 Å². The molecular formula is C12H19N3O. The molecule has 1 fully saturated rings. The number of ether oxygens (including phenoxy) is 1. The normalized spacial score (nSPS) is 25.4. The van der Waals surface area contributed by atoms with Gasteiger partial charge in [0, 0.05) is 18.2 Å². The van der Waals surface area contributed by atoms with E-state index in [0.717, 1.165) is 12.2 Å². The molecule has 0 saturated heterocycles. The summed E-state index contributed by atoms with van der Waals surface area (Å²) in [5.41, 5.74) is 5.76. The predicted molar refractivity (Wildman–Crippen MR) is 62.2 cm³/mol. The van der Waals surface area contributed by atoms with Crippen molar-refractivity contribution in [3.8, 4) is 5.88 Å². The second kappa shape index (κ2) is 5.25. The first-order chi connectivity index (χ1) is 7.79. The highest BCUT2D eigenvalue weighted by Crippen LogP contribution is 2.26. The van der Waals surface area contributed by atoms with E-state index < -0.39 is 0 Å². The van der Waals surface area contributed by atoms with E-state index in [1.165, 1.54) is 19.3 Å². The molecule has 1 heterocycles. The Hall–Kier alpha value is -1.16. The average Bonchev–Trinajstić information content (AvgIpc) is 2.30. The predicted octanol–water partition coefficient (Wildman–Crippen LogP) is 1.68. The number of hydrogen-bond acceptors (Lipinski definition) is 4. The highest BCUT2D eigenvalue weighted by molar-refractivity contribution is 5.08. The maximum Gasteiger partial charge on any atom is 0.216 e. The summed E-state index contributed by atoms with van der Waals surface area (Å²) in [5.74, 6) is 1.90. The van der Waals surface area contributed by atoms with Crippen LogP contribution in [0.4, 0.5) is 0 Å². The van der Waals surface area contributed by atoms with Crippen LogP contribution in [0.25, 0.3) is 0 Å². The maximum atomic E-state index is 5.91.